The molecule has 116 valence electrons. The zero-order chi connectivity index (χ0) is 15.6. The van der Waals surface area contributed by atoms with Gasteiger partial charge in [0.1, 0.15) is 0 Å². The summed E-state index contributed by atoms with van der Waals surface area (Å²) in [7, 11) is 0. The van der Waals surface area contributed by atoms with Gasteiger partial charge in [-0.25, -0.2) is 0 Å². The van der Waals surface area contributed by atoms with Gasteiger partial charge in [0, 0.05) is 24.5 Å². The third-order valence-corrected chi connectivity index (χ3v) is 4.02. The van der Waals surface area contributed by atoms with E-state index in [-0.39, 0.29) is 17.6 Å². The summed E-state index contributed by atoms with van der Waals surface area (Å²) in [6.07, 6.45) is 0. The molecule has 0 radical (unpaired) electrons. The number of nitrogens with two attached hydrogens (primary N) is 1. The lowest BCUT2D eigenvalue weighted by molar-refractivity contribution is -0.129. The molecule has 0 saturated carbocycles. The fourth-order valence-corrected chi connectivity index (χ4v) is 2.58. The molecule has 0 aliphatic carbocycles. The predicted molar refractivity (Wildman–Crippen MR) is 85.3 cm³/mol. The highest BCUT2D eigenvalue weighted by atomic mass is 16.5. The van der Waals surface area contributed by atoms with Crippen molar-refractivity contribution >= 4 is 17.3 Å². The molecule has 0 spiro atoms. The lowest BCUT2D eigenvalue weighted by Crippen LogP contribution is -2.54. The molecule has 1 aliphatic rings. The highest BCUT2D eigenvalue weighted by Gasteiger charge is 2.32. The van der Waals surface area contributed by atoms with Crippen molar-refractivity contribution < 1.29 is 9.53 Å². The monoisotopic (exact) mass is 291 g/mol. The Balaban J connectivity index is 2.04. The fourth-order valence-electron chi connectivity index (χ4n) is 2.58. The fraction of sp³-hybridized carbons (Fsp3) is 0.562. The van der Waals surface area contributed by atoms with Gasteiger partial charge in [-0.05, 0) is 45.4 Å². The Bertz CT molecular complexity index is 528. The Morgan fingerprint density at radius 1 is 1.48 bits per heavy atom. The van der Waals surface area contributed by atoms with Crippen LogP contribution in [0.1, 0.15) is 26.3 Å². The van der Waals surface area contributed by atoms with Crippen molar-refractivity contribution in [3.63, 3.8) is 0 Å². The molecular weight excluding hydrogens is 266 g/mol. The SMILES string of the molecule is Cc1c(N)cccc1NC(=O)C(C)N1CCOC(C)(C)C1. The second-order valence-corrected chi connectivity index (χ2v) is 6.26. The van der Waals surface area contributed by atoms with E-state index < -0.39 is 0 Å². The van der Waals surface area contributed by atoms with E-state index in [1.807, 2.05) is 45.9 Å². The van der Waals surface area contributed by atoms with Crippen molar-refractivity contribution in [1.82, 2.24) is 4.90 Å². The van der Waals surface area contributed by atoms with Gasteiger partial charge >= 0.3 is 0 Å². The van der Waals surface area contributed by atoms with Crippen LogP contribution < -0.4 is 11.1 Å². The lowest BCUT2D eigenvalue weighted by atomic mass is 10.1. The average Bonchev–Trinajstić information content (AvgIpc) is 2.42. The van der Waals surface area contributed by atoms with Gasteiger partial charge in [0.05, 0.1) is 18.2 Å². The Morgan fingerprint density at radius 2 is 2.19 bits per heavy atom. The summed E-state index contributed by atoms with van der Waals surface area (Å²) in [6, 6.07) is 5.35. The number of hydrogen-bond acceptors (Lipinski definition) is 4. The number of anilines is 2. The Morgan fingerprint density at radius 3 is 2.86 bits per heavy atom. The zero-order valence-electron chi connectivity index (χ0n) is 13.3. The molecule has 0 aromatic heterocycles. The lowest BCUT2D eigenvalue weighted by Gasteiger charge is -2.40. The summed E-state index contributed by atoms with van der Waals surface area (Å²) in [5.41, 5.74) is 8.03. The molecule has 3 N–H and O–H groups in total. The molecule has 5 nitrogen and oxygen atoms in total. The standard InChI is InChI=1S/C16H25N3O2/c1-11-13(17)6-5-7-14(11)18-15(20)12(2)19-8-9-21-16(3,4)10-19/h5-7,12H,8-10,17H2,1-4H3,(H,18,20). The van der Waals surface area contributed by atoms with Gasteiger partial charge in [-0.2, -0.15) is 0 Å². The van der Waals surface area contributed by atoms with E-state index in [9.17, 15) is 4.79 Å². The first-order chi connectivity index (χ1) is 9.80. The summed E-state index contributed by atoms with van der Waals surface area (Å²) in [6.45, 7) is 10.1. The van der Waals surface area contributed by atoms with E-state index in [0.29, 0.717) is 12.3 Å². The first-order valence-corrected chi connectivity index (χ1v) is 7.34. The van der Waals surface area contributed by atoms with Crippen molar-refractivity contribution in [2.45, 2.75) is 39.3 Å². The number of rotatable bonds is 3. The van der Waals surface area contributed by atoms with Crippen molar-refractivity contribution in [2.75, 3.05) is 30.7 Å². The van der Waals surface area contributed by atoms with E-state index in [2.05, 4.69) is 10.2 Å². The van der Waals surface area contributed by atoms with E-state index in [4.69, 9.17) is 10.5 Å². The molecule has 0 bridgehead atoms. The second-order valence-electron chi connectivity index (χ2n) is 6.26. The number of nitrogen functional groups attached to an aromatic ring is 1. The van der Waals surface area contributed by atoms with Gasteiger partial charge < -0.3 is 15.8 Å². The van der Waals surface area contributed by atoms with Crippen molar-refractivity contribution in [1.29, 1.82) is 0 Å². The smallest absolute Gasteiger partial charge is 0.241 e. The van der Waals surface area contributed by atoms with Crippen LogP contribution in [0.15, 0.2) is 18.2 Å². The molecular formula is C16H25N3O2. The van der Waals surface area contributed by atoms with Crippen LogP contribution in [0.4, 0.5) is 11.4 Å². The van der Waals surface area contributed by atoms with E-state index in [0.717, 1.165) is 24.3 Å². The maximum atomic E-state index is 12.5. The van der Waals surface area contributed by atoms with Gasteiger partial charge in [-0.3, -0.25) is 9.69 Å². The van der Waals surface area contributed by atoms with Crippen molar-refractivity contribution in [3.05, 3.63) is 23.8 Å². The molecule has 1 saturated heterocycles. The minimum atomic E-state index is -0.208. The number of amides is 1. The molecule has 1 aromatic rings. The molecule has 2 rings (SSSR count). The first-order valence-electron chi connectivity index (χ1n) is 7.34. The minimum absolute atomic E-state index is 0.0126. The van der Waals surface area contributed by atoms with Gasteiger partial charge in [0.2, 0.25) is 5.91 Å². The van der Waals surface area contributed by atoms with Crippen LogP contribution in [0.3, 0.4) is 0 Å². The zero-order valence-corrected chi connectivity index (χ0v) is 13.3. The number of morpholine rings is 1. The molecule has 5 heteroatoms. The van der Waals surface area contributed by atoms with E-state index >= 15 is 0 Å². The Hall–Kier alpha value is -1.59. The molecule has 1 amide bonds. The number of nitrogens with zero attached hydrogens (tertiary/aromatic N) is 1. The van der Waals surface area contributed by atoms with Crippen LogP contribution in [-0.2, 0) is 9.53 Å². The maximum absolute atomic E-state index is 12.5. The largest absolute Gasteiger partial charge is 0.398 e. The molecule has 1 fully saturated rings. The first kappa shape index (κ1) is 15.8. The normalized spacial score (nSPS) is 20.0. The summed E-state index contributed by atoms with van der Waals surface area (Å²) in [4.78, 5) is 14.6. The second kappa shape index (κ2) is 6.03. The van der Waals surface area contributed by atoms with Crippen molar-refractivity contribution in [2.24, 2.45) is 0 Å². The highest BCUT2D eigenvalue weighted by molar-refractivity contribution is 5.95. The van der Waals surface area contributed by atoms with Crippen LogP contribution in [-0.4, -0.2) is 42.1 Å². The summed E-state index contributed by atoms with van der Waals surface area (Å²) in [5, 5.41) is 2.97. The number of nitrogens with one attached hydrogen (secondary N) is 1. The van der Waals surface area contributed by atoms with Gasteiger partial charge in [-0.1, -0.05) is 6.07 Å². The van der Waals surface area contributed by atoms with Crippen LogP contribution in [0.25, 0.3) is 0 Å². The van der Waals surface area contributed by atoms with Gasteiger partial charge in [0.25, 0.3) is 0 Å². The van der Waals surface area contributed by atoms with Crippen molar-refractivity contribution in [3.8, 4) is 0 Å². The van der Waals surface area contributed by atoms with Crippen LogP contribution in [0.2, 0.25) is 0 Å². The minimum Gasteiger partial charge on any atom is -0.398 e. The predicted octanol–water partition coefficient (Wildman–Crippen LogP) is 2.02. The topological polar surface area (TPSA) is 67.6 Å². The molecule has 1 aliphatic heterocycles. The van der Waals surface area contributed by atoms with Crippen LogP contribution >= 0.6 is 0 Å². The number of carbonyl (C=O) groups is 1. The Labute approximate surface area is 126 Å². The van der Waals surface area contributed by atoms with Gasteiger partial charge in [-0.15, -0.1) is 0 Å². The molecule has 1 atom stereocenters. The Kier molecular flexibility index (Phi) is 4.54. The summed E-state index contributed by atoms with van der Waals surface area (Å²) in [5.74, 6) is -0.0126. The summed E-state index contributed by atoms with van der Waals surface area (Å²) >= 11 is 0. The number of carbonyl (C=O) groups excluding carboxylic acids is 1. The average molecular weight is 291 g/mol. The number of ether oxygens (including phenoxy) is 1. The third kappa shape index (κ3) is 3.74. The number of hydrogen-bond donors (Lipinski definition) is 2. The van der Waals surface area contributed by atoms with E-state index in [1.165, 1.54) is 0 Å². The van der Waals surface area contributed by atoms with Crippen LogP contribution in [0.5, 0.6) is 0 Å². The quantitative estimate of drug-likeness (QED) is 0.836. The van der Waals surface area contributed by atoms with E-state index in [1.54, 1.807) is 0 Å². The maximum Gasteiger partial charge on any atom is 0.241 e. The number of benzene rings is 1. The summed E-state index contributed by atoms with van der Waals surface area (Å²) < 4.78 is 5.69. The molecule has 1 heterocycles. The molecule has 1 aromatic carbocycles. The third-order valence-electron chi connectivity index (χ3n) is 4.02. The molecule has 1 unspecified atom stereocenters. The van der Waals surface area contributed by atoms with Crippen LogP contribution in [0, 0.1) is 6.92 Å². The van der Waals surface area contributed by atoms with Gasteiger partial charge in [0.15, 0.2) is 0 Å². The highest BCUT2D eigenvalue weighted by Crippen LogP contribution is 2.22. The molecule has 21 heavy (non-hydrogen) atoms.